The molecular weight excluding hydrogens is 312 g/mol. The summed E-state index contributed by atoms with van der Waals surface area (Å²) >= 11 is 0. The van der Waals surface area contributed by atoms with Crippen molar-refractivity contribution in [2.24, 2.45) is 5.92 Å². The van der Waals surface area contributed by atoms with Gasteiger partial charge in [0.1, 0.15) is 0 Å². The van der Waals surface area contributed by atoms with Crippen molar-refractivity contribution in [3.05, 3.63) is 35.9 Å². The van der Waals surface area contributed by atoms with E-state index in [2.05, 4.69) is 5.32 Å². The molecule has 2 N–H and O–H groups in total. The molecule has 7 heteroatoms. The Hall–Kier alpha value is -2.41. The number of benzene rings is 1. The second kappa shape index (κ2) is 8.44. The van der Waals surface area contributed by atoms with Crippen LogP contribution in [0.15, 0.2) is 30.3 Å². The third kappa shape index (κ3) is 4.55. The average Bonchev–Trinajstić information content (AvgIpc) is 2.62. The minimum Gasteiger partial charge on any atom is -0.479 e. The molecule has 0 aliphatic carbocycles. The second-order valence-electron chi connectivity index (χ2n) is 5.76. The van der Waals surface area contributed by atoms with E-state index in [-0.39, 0.29) is 24.3 Å². The van der Waals surface area contributed by atoms with Crippen LogP contribution >= 0.6 is 0 Å². The quantitative estimate of drug-likeness (QED) is 0.800. The number of piperidine rings is 1. The molecule has 1 aliphatic rings. The fourth-order valence-electron chi connectivity index (χ4n) is 2.75. The maximum atomic E-state index is 12.5. The lowest BCUT2D eigenvalue weighted by Gasteiger charge is -2.32. The SMILES string of the molecule is COC(CNC(=O)C1CCCN(C(=O)c2ccccc2)C1)C(=O)O. The highest BCUT2D eigenvalue weighted by Crippen LogP contribution is 2.19. The number of hydrogen-bond donors (Lipinski definition) is 2. The second-order valence-corrected chi connectivity index (χ2v) is 5.76. The minimum absolute atomic E-state index is 0.0894. The molecule has 1 saturated heterocycles. The molecule has 0 radical (unpaired) electrons. The molecule has 0 spiro atoms. The van der Waals surface area contributed by atoms with E-state index in [1.807, 2.05) is 6.07 Å². The molecule has 1 heterocycles. The molecule has 7 nitrogen and oxygen atoms in total. The number of likely N-dealkylation sites (tertiary alicyclic amines) is 1. The summed E-state index contributed by atoms with van der Waals surface area (Å²) in [5, 5.41) is 11.5. The Morgan fingerprint density at radius 3 is 2.67 bits per heavy atom. The van der Waals surface area contributed by atoms with Crippen LogP contribution in [0.3, 0.4) is 0 Å². The normalized spacial score (nSPS) is 18.7. The van der Waals surface area contributed by atoms with Crippen molar-refractivity contribution in [1.29, 1.82) is 0 Å². The van der Waals surface area contributed by atoms with Crippen LogP contribution in [0.25, 0.3) is 0 Å². The monoisotopic (exact) mass is 334 g/mol. The summed E-state index contributed by atoms with van der Waals surface area (Å²) in [6.07, 6.45) is 0.345. The Morgan fingerprint density at radius 1 is 1.33 bits per heavy atom. The molecule has 1 aromatic carbocycles. The van der Waals surface area contributed by atoms with Crippen molar-refractivity contribution in [2.75, 3.05) is 26.7 Å². The van der Waals surface area contributed by atoms with E-state index in [0.717, 1.165) is 6.42 Å². The summed E-state index contributed by atoms with van der Waals surface area (Å²) in [5.41, 5.74) is 0.601. The highest BCUT2D eigenvalue weighted by molar-refractivity contribution is 5.94. The topological polar surface area (TPSA) is 95.9 Å². The lowest BCUT2D eigenvalue weighted by atomic mass is 9.96. The predicted molar refractivity (Wildman–Crippen MR) is 86.5 cm³/mol. The van der Waals surface area contributed by atoms with Crippen LogP contribution in [0.2, 0.25) is 0 Å². The molecule has 2 atom stereocenters. The number of carbonyl (C=O) groups is 3. The van der Waals surface area contributed by atoms with E-state index >= 15 is 0 Å². The zero-order valence-electron chi connectivity index (χ0n) is 13.6. The van der Waals surface area contributed by atoms with Gasteiger partial charge < -0.3 is 20.1 Å². The number of carboxylic acids is 1. The largest absolute Gasteiger partial charge is 0.479 e. The van der Waals surface area contributed by atoms with Crippen molar-refractivity contribution < 1.29 is 24.2 Å². The predicted octanol–water partition coefficient (Wildman–Crippen LogP) is 0.755. The molecule has 24 heavy (non-hydrogen) atoms. The molecular formula is C17H22N2O5. The van der Waals surface area contributed by atoms with E-state index in [1.165, 1.54) is 7.11 Å². The van der Waals surface area contributed by atoms with Crippen LogP contribution in [0.4, 0.5) is 0 Å². The maximum absolute atomic E-state index is 12.5. The first-order valence-corrected chi connectivity index (χ1v) is 7.90. The Labute approximate surface area is 140 Å². The van der Waals surface area contributed by atoms with Gasteiger partial charge in [-0.25, -0.2) is 4.79 Å². The molecule has 2 amide bonds. The fraction of sp³-hybridized carbons (Fsp3) is 0.471. The minimum atomic E-state index is -1.12. The molecule has 2 rings (SSSR count). The van der Waals surface area contributed by atoms with Gasteiger partial charge in [-0.15, -0.1) is 0 Å². The van der Waals surface area contributed by atoms with Gasteiger partial charge in [-0.1, -0.05) is 18.2 Å². The van der Waals surface area contributed by atoms with E-state index in [1.54, 1.807) is 29.2 Å². The van der Waals surface area contributed by atoms with Crippen LogP contribution in [0, 0.1) is 5.92 Å². The van der Waals surface area contributed by atoms with E-state index in [9.17, 15) is 14.4 Å². The lowest BCUT2D eigenvalue weighted by Crippen LogP contribution is -2.47. The zero-order valence-corrected chi connectivity index (χ0v) is 13.6. The number of hydrogen-bond acceptors (Lipinski definition) is 4. The Kier molecular flexibility index (Phi) is 6.31. The van der Waals surface area contributed by atoms with Gasteiger partial charge in [0.15, 0.2) is 6.10 Å². The van der Waals surface area contributed by atoms with E-state index < -0.39 is 12.1 Å². The van der Waals surface area contributed by atoms with Crippen molar-refractivity contribution in [3.8, 4) is 0 Å². The first kappa shape index (κ1) is 17.9. The van der Waals surface area contributed by atoms with Gasteiger partial charge in [-0.05, 0) is 25.0 Å². The first-order chi connectivity index (χ1) is 11.5. The van der Waals surface area contributed by atoms with E-state index in [4.69, 9.17) is 9.84 Å². The van der Waals surface area contributed by atoms with Crippen molar-refractivity contribution in [1.82, 2.24) is 10.2 Å². The third-order valence-electron chi connectivity index (χ3n) is 4.12. The van der Waals surface area contributed by atoms with Crippen molar-refractivity contribution in [2.45, 2.75) is 18.9 Å². The highest BCUT2D eigenvalue weighted by Gasteiger charge is 2.29. The highest BCUT2D eigenvalue weighted by atomic mass is 16.5. The van der Waals surface area contributed by atoms with Crippen molar-refractivity contribution in [3.63, 3.8) is 0 Å². The van der Waals surface area contributed by atoms with Crippen LogP contribution in [-0.4, -0.2) is 60.6 Å². The number of carbonyl (C=O) groups excluding carboxylic acids is 2. The summed E-state index contributed by atoms with van der Waals surface area (Å²) in [6, 6.07) is 8.96. The number of aliphatic carboxylic acids is 1. The molecule has 0 aromatic heterocycles. The number of methoxy groups -OCH3 is 1. The van der Waals surface area contributed by atoms with Crippen LogP contribution in [-0.2, 0) is 14.3 Å². The molecule has 130 valence electrons. The Balaban J connectivity index is 1.91. The number of carboxylic acid groups (broad SMARTS) is 1. The number of amides is 2. The molecule has 1 aliphatic heterocycles. The van der Waals surface area contributed by atoms with Gasteiger partial charge in [0.25, 0.3) is 5.91 Å². The number of ether oxygens (including phenoxy) is 1. The third-order valence-corrected chi connectivity index (χ3v) is 4.12. The average molecular weight is 334 g/mol. The smallest absolute Gasteiger partial charge is 0.334 e. The van der Waals surface area contributed by atoms with Gasteiger partial charge in [-0.2, -0.15) is 0 Å². The zero-order chi connectivity index (χ0) is 17.5. The molecule has 2 unspecified atom stereocenters. The summed E-state index contributed by atoms with van der Waals surface area (Å²) in [5.74, 6) is -1.79. The van der Waals surface area contributed by atoms with Gasteiger partial charge in [0.2, 0.25) is 5.91 Å². The Bertz CT molecular complexity index is 590. The van der Waals surface area contributed by atoms with E-state index in [0.29, 0.717) is 25.1 Å². The first-order valence-electron chi connectivity index (χ1n) is 7.90. The van der Waals surface area contributed by atoms with Gasteiger partial charge in [0.05, 0.1) is 12.5 Å². The van der Waals surface area contributed by atoms with Crippen molar-refractivity contribution >= 4 is 17.8 Å². The van der Waals surface area contributed by atoms with Crippen LogP contribution in [0.1, 0.15) is 23.2 Å². The maximum Gasteiger partial charge on any atom is 0.334 e. The lowest BCUT2D eigenvalue weighted by molar-refractivity contribution is -0.148. The summed E-state index contributed by atoms with van der Waals surface area (Å²) in [4.78, 5) is 37.3. The standard InChI is InChI=1S/C17H22N2O5/c1-24-14(17(22)23)10-18-15(20)13-8-5-9-19(11-13)16(21)12-6-3-2-4-7-12/h2-4,6-7,13-14H,5,8-11H2,1H3,(H,18,20)(H,22,23). The number of nitrogens with one attached hydrogen (secondary N) is 1. The Morgan fingerprint density at radius 2 is 2.04 bits per heavy atom. The molecule has 1 fully saturated rings. The van der Waals surface area contributed by atoms with Crippen LogP contribution < -0.4 is 5.32 Å². The number of rotatable bonds is 6. The molecule has 0 saturated carbocycles. The molecule has 0 bridgehead atoms. The molecule has 1 aromatic rings. The number of nitrogens with zero attached hydrogens (tertiary/aromatic N) is 1. The van der Waals surface area contributed by atoms with Gasteiger partial charge in [0, 0.05) is 25.8 Å². The summed E-state index contributed by atoms with van der Waals surface area (Å²) in [7, 11) is 1.28. The fourth-order valence-corrected chi connectivity index (χ4v) is 2.75. The summed E-state index contributed by atoms with van der Waals surface area (Å²) < 4.78 is 4.79. The van der Waals surface area contributed by atoms with Crippen LogP contribution in [0.5, 0.6) is 0 Å². The van der Waals surface area contributed by atoms with Gasteiger partial charge >= 0.3 is 5.97 Å². The summed E-state index contributed by atoms with van der Waals surface area (Å²) in [6.45, 7) is 0.866. The van der Waals surface area contributed by atoms with Gasteiger partial charge in [-0.3, -0.25) is 9.59 Å².